The van der Waals surface area contributed by atoms with E-state index in [1.54, 1.807) is 18.2 Å². The normalized spacial score (nSPS) is 12.9. The highest BCUT2D eigenvalue weighted by molar-refractivity contribution is 5.95. The number of carbonyl (C=O) groups is 1. The minimum atomic E-state index is -0.246. The lowest BCUT2D eigenvalue weighted by molar-refractivity contribution is 0.0915. The number of amides is 1. The Balaban J connectivity index is 2.17. The van der Waals surface area contributed by atoms with Gasteiger partial charge in [0, 0.05) is 17.5 Å². The predicted octanol–water partition coefficient (Wildman–Crippen LogP) is 2.83. The van der Waals surface area contributed by atoms with Gasteiger partial charge in [-0.15, -0.1) is 0 Å². The van der Waals surface area contributed by atoms with Crippen molar-refractivity contribution >= 4 is 5.91 Å². The molecule has 2 N–H and O–H groups in total. The summed E-state index contributed by atoms with van der Waals surface area (Å²) in [5, 5.41) is 16.0. The molecule has 2 aromatic rings. The Morgan fingerprint density at radius 1 is 1.38 bits per heavy atom. The van der Waals surface area contributed by atoms with E-state index in [2.05, 4.69) is 36.2 Å². The van der Waals surface area contributed by atoms with Crippen LogP contribution in [0.5, 0.6) is 0 Å². The molecule has 1 unspecified atom stereocenters. The number of aliphatic hydroxyl groups is 1. The van der Waals surface area contributed by atoms with Crippen LogP contribution in [0.2, 0.25) is 0 Å². The quantitative estimate of drug-likeness (QED) is 0.850. The summed E-state index contributed by atoms with van der Waals surface area (Å²) in [4.78, 5) is 16.7. The van der Waals surface area contributed by atoms with Crippen LogP contribution in [0.15, 0.2) is 28.8 Å². The van der Waals surface area contributed by atoms with E-state index in [1.165, 1.54) is 0 Å². The number of aromatic nitrogens is 2. The van der Waals surface area contributed by atoms with Crippen molar-refractivity contribution in [2.45, 2.75) is 46.6 Å². The molecule has 1 amide bonds. The standard InChI is InChI=1S/C18H25N3O3/c1-5-14(11-22)19-17(23)13-8-6-7-12(9-13)16-20-15(24-21-16)10-18(2,3)4/h6-9,14,22H,5,10-11H2,1-4H3,(H,19,23). The second-order valence-electron chi connectivity index (χ2n) is 7.09. The van der Waals surface area contributed by atoms with Gasteiger partial charge < -0.3 is 14.9 Å². The first kappa shape index (κ1) is 18.1. The predicted molar refractivity (Wildman–Crippen MR) is 91.5 cm³/mol. The van der Waals surface area contributed by atoms with Crippen LogP contribution in [0, 0.1) is 5.41 Å². The van der Waals surface area contributed by atoms with Crippen molar-refractivity contribution in [3.8, 4) is 11.4 Å². The van der Waals surface area contributed by atoms with Gasteiger partial charge in [0.1, 0.15) is 0 Å². The van der Waals surface area contributed by atoms with Crippen LogP contribution in [0.4, 0.5) is 0 Å². The SMILES string of the molecule is CCC(CO)NC(=O)c1cccc(-c2noc(CC(C)(C)C)n2)c1. The zero-order chi connectivity index (χ0) is 17.7. The van der Waals surface area contributed by atoms with E-state index < -0.39 is 0 Å². The highest BCUT2D eigenvalue weighted by Gasteiger charge is 2.18. The Labute approximate surface area is 142 Å². The fourth-order valence-electron chi connectivity index (χ4n) is 2.24. The summed E-state index contributed by atoms with van der Waals surface area (Å²) in [5.41, 5.74) is 1.29. The van der Waals surface area contributed by atoms with Gasteiger partial charge in [-0.2, -0.15) is 4.98 Å². The van der Waals surface area contributed by atoms with Crippen LogP contribution in [0.3, 0.4) is 0 Å². The summed E-state index contributed by atoms with van der Waals surface area (Å²) in [6.07, 6.45) is 1.36. The minimum absolute atomic E-state index is 0.0605. The van der Waals surface area contributed by atoms with E-state index in [-0.39, 0.29) is 24.0 Å². The van der Waals surface area contributed by atoms with Crippen LogP contribution in [0.25, 0.3) is 11.4 Å². The zero-order valence-corrected chi connectivity index (χ0v) is 14.7. The molecule has 0 saturated carbocycles. The number of nitrogens with zero attached hydrogens (tertiary/aromatic N) is 2. The number of hydrogen-bond acceptors (Lipinski definition) is 5. The lowest BCUT2D eigenvalue weighted by Gasteiger charge is -2.14. The third-order valence-electron chi connectivity index (χ3n) is 3.58. The Morgan fingerprint density at radius 3 is 2.75 bits per heavy atom. The van der Waals surface area contributed by atoms with Crippen molar-refractivity contribution in [1.29, 1.82) is 0 Å². The maximum absolute atomic E-state index is 12.3. The molecule has 0 aliphatic heterocycles. The smallest absolute Gasteiger partial charge is 0.251 e. The third-order valence-corrected chi connectivity index (χ3v) is 3.58. The molecule has 1 atom stereocenters. The van der Waals surface area contributed by atoms with E-state index in [1.807, 2.05) is 13.0 Å². The summed E-state index contributed by atoms with van der Waals surface area (Å²) >= 11 is 0. The fraction of sp³-hybridized carbons (Fsp3) is 0.500. The number of hydrogen-bond donors (Lipinski definition) is 2. The van der Waals surface area contributed by atoms with Gasteiger partial charge in [0.2, 0.25) is 11.7 Å². The van der Waals surface area contributed by atoms with Gasteiger partial charge in [0.25, 0.3) is 5.91 Å². The molecule has 2 rings (SSSR count). The number of rotatable bonds is 6. The van der Waals surface area contributed by atoms with Gasteiger partial charge in [-0.3, -0.25) is 4.79 Å². The van der Waals surface area contributed by atoms with Gasteiger partial charge in [-0.25, -0.2) is 0 Å². The van der Waals surface area contributed by atoms with Crippen molar-refractivity contribution in [2.24, 2.45) is 5.41 Å². The lowest BCUT2D eigenvalue weighted by atomic mass is 9.92. The first-order valence-electron chi connectivity index (χ1n) is 8.17. The number of nitrogens with one attached hydrogen (secondary N) is 1. The van der Waals surface area contributed by atoms with Gasteiger partial charge in [0.05, 0.1) is 12.6 Å². The van der Waals surface area contributed by atoms with E-state index in [4.69, 9.17) is 4.52 Å². The second-order valence-corrected chi connectivity index (χ2v) is 7.09. The molecule has 6 nitrogen and oxygen atoms in total. The Hall–Kier alpha value is -2.21. The van der Waals surface area contributed by atoms with E-state index in [0.29, 0.717) is 30.1 Å². The highest BCUT2D eigenvalue weighted by atomic mass is 16.5. The molecule has 0 bridgehead atoms. The Morgan fingerprint density at radius 2 is 2.12 bits per heavy atom. The number of benzene rings is 1. The molecular weight excluding hydrogens is 306 g/mol. The van der Waals surface area contributed by atoms with Crippen LogP contribution < -0.4 is 5.32 Å². The number of aliphatic hydroxyl groups excluding tert-OH is 1. The maximum Gasteiger partial charge on any atom is 0.251 e. The average molecular weight is 331 g/mol. The minimum Gasteiger partial charge on any atom is -0.394 e. The maximum atomic E-state index is 12.3. The molecule has 0 aliphatic carbocycles. The van der Waals surface area contributed by atoms with Crippen molar-refractivity contribution in [1.82, 2.24) is 15.5 Å². The summed E-state index contributed by atoms with van der Waals surface area (Å²) < 4.78 is 5.30. The third kappa shape index (κ3) is 4.89. The van der Waals surface area contributed by atoms with Gasteiger partial charge in [0.15, 0.2) is 0 Å². The molecular formula is C18H25N3O3. The molecule has 0 radical (unpaired) electrons. The fourth-order valence-corrected chi connectivity index (χ4v) is 2.24. The van der Waals surface area contributed by atoms with E-state index in [0.717, 1.165) is 5.56 Å². The van der Waals surface area contributed by atoms with Crippen molar-refractivity contribution in [2.75, 3.05) is 6.61 Å². The molecule has 0 aliphatic rings. The molecule has 0 spiro atoms. The highest BCUT2D eigenvalue weighted by Crippen LogP contribution is 2.22. The second kappa shape index (κ2) is 7.57. The summed E-state index contributed by atoms with van der Waals surface area (Å²) in [6, 6.07) is 6.82. The molecule has 130 valence electrons. The van der Waals surface area contributed by atoms with Crippen LogP contribution in [-0.2, 0) is 6.42 Å². The molecule has 0 fully saturated rings. The Kier molecular flexibility index (Phi) is 5.72. The average Bonchev–Trinajstić information content (AvgIpc) is 2.99. The van der Waals surface area contributed by atoms with Crippen molar-refractivity contribution < 1.29 is 14.4 Å². The molecule has 6 heteroatoms. The molecule has 1 aromatic carbocycles. The van der Waals surface area contributed by atoms with E-state index >= 15 is 0 Å². The lowest BCUT2D eigenvalue weighted by Crippen LogP contribution is -2.36. The largest absolute Gasteiger partial charge is 0.394 e. The molecule has 0 saturated heterocycles. The number of carbonyl (C=O) groups excluding carboxylic acids is 1. The Bertz CT molecular complexity index is 685. The zero-order valence-electron chi connectivity index (χ0n) is 14.7. The van der Waals surface area contributed by atoms with Crippen LogP contribution >= 0.6 is 0 Å². The first-order chi connectivity index (χ1) is 11.3. The summed E-state index contributed by atoms with van der Waals surface area (Å²) in [7, 11) is 0. The van der Waals surface area contributed by atoms with Crippen LogP contribution in [0.1, 0.15) is 50.4 Å². The molecule has 24 heavy (non-hydrogen) atoms. The molecule has 1 heterocycles. The topological polar surface area (TPSA) is 88.2 Å². The summed E-state index contributed by atoms with van der Waals surface area (Å²) in [5.74, 6) is 0.827. The van der Waals surface area contributed by atoms with Crippen LogP contribution in [-0.4, -0.2) is 33.8 Å². The monoisotopic (exact) mass is 331 g/mol. The van der Waals surface area contributed by atoms with Crippen molar-refractivity contribution in [3.63, 3.8) is 0 Å². The van der Waals surface area contributed by atoms with Gasteiger partial charge in [-0.05, 0) is 24.0 Å². The molecule has 1 aromatic heterocycles. The van der Waals surface area contributed by atoms with Crippen molar-refractivity contribution in [3.05, 3.63) is 35.7 Å². The van der Waals surface area contributed by atoms with Gasteiger partial charge >= 0.3 is 0 Å². The van der Waals surface area contributed by atoms with E-state index in [9.17, 15) is 9.90 Å². The summed E-state index contributed by atoms with van der Waals surface area (Å²) in [6.45, 7) is 8.14. The first-order valence-corrected chi connectivity index (χ1v) is 8.17. The van der Waals surface area contributed by atoms with Gasteiger partial charge in [-0.1, -0.05) is 45.0 Å².